The molecular formula is C8H11ClN4O. The van der Waals surface area contributed by atoms with Crippen molar-refractivity contribution in [3.8, 4) is 0 Å². The predicted molar refractivity (Wildman–Crippen MR) is 54.1 cm³/mol. The minimum absolute atomic E-state index is 0.191. The summed E-state index contributed by atoms with van der Waals surface area (Å²) in [5.74, 6) is 0.856. The van der Waals surface area contributed by atoms with Crippen LogP contribution in [-0.2, 0) is 0 Å². The zero-order valence-electron chi connectivity index (χ0n) is 7.44. The molecule has 0 aliphatic heterocycles. The Morgan fingerprint density at radius 2 is 2.43 bits per heavy atom. The summed E-state index contributed by atoms with van der Waals surface area (Å²) in [7, 11) is 0. The predicted octanol–water partition coefficient (Wildman–Crippen LogP) is 0.505. The highest BCUT2D eigenvalue weighted by Crippen LogP contribution is 2.34. The van der Waals surface area contributed by atoms with Crippen LogP contribution in [0.5, 0.6) is 0 Å². The summed E-state index contributed by atoms with van der Waals surface area (Å²) < 4.78 is 0. The first-order valence-corrected chi connectivity index (χ1v) is 4.73. The van der Waals surface area contributed by atoms with Crippen LogP contribution in [-0.4, -0.2) is 27.7 Å². The molecule has 0 spiro atoms. The van der Waals surface area contributed by atoms with Crippen LogP contribution in [0, 0.1) is 5.92 Å². The van der Waals surface area contributed by atoms with Gasteiger partial charge < -0.3 is 16.2 Å². The molecule has 2 rings (SSSR count). The number of nitrogens with zero attached hydrogens (tertiary/aromatic N) is 2. The molecule has 1 aliphatic carbocycles. The van der Waals surface area contributed by atoms with Crippen molar-refractivity contribution in [2.45, 2.75) is 12.5 Å². The maximum absolute atomic E-state index is 8.85. The van der Waals surface area contributed by atoms with Gasteiger partial charge in [-0.15, -0.1) is 0 Å². The second-order valence-corrected chi connectivity index (χ2v) is 3.71. The van der Waals surface area contributed by atoms with Crippen LogP contribution in [0.25, 0.3) is 0 Å². The van der Waals surface area contributed by atoms with E-state index in [1.807, 2.05) is 0 Å². The first kappa shape index (κ1) is 9.48. The van der Waals surface area contributed by atoms with Crippen LogP contribution in [0.4, 0.5) is 11.5 Å². The number of nitrogen functional groups attached to an aromatic ring is 1. The van der Waals surface area contributed by atoms with E-state index in [1.54, 1.807) is 0 Å². The van der Waals surface area contributed by atoms with Crippen LogP contribution in [0.15, 0.2) is 6.33 Å². The van der Waals surface area contributed by atoms with Crippen molar-refractivity contribution < 1.29 is 5.11 Å². The van der Waals surface area contributed by atoms with Crippen LogP contribution in [0.1, 0.15) is 6.42 Å². The molecule has 6 heteroatoms. The van der Waals surface area contributed by atoms with Gasteiger partial charge in [-0.1, -0.05) is 11.6 Å². The average molecular weight is 215 g/mol. The monoisotopic (exact) mass is 214 g/mol. The zero-order valence-corrected chi connectivity index (χ0v) is 8.20. The number of nitrogens with one attached hydrogen (secondary N) is 1. The lowest BCUT2D eigenvalue weighted by Gasteiger charge is -2.07. The highest BCUT2D eigenvalue weighted by atomic mass is 35.5. The van der Waals surface area contributed by atoms with Gasteiger partial charge in [0, 0.05) is 18.6 Å². The molecule has 0 unspecified atom stereocenters. The Kier molecular flexibility index (Phi) is 2.43. The van der Waals surface area contributed by atoms with Gasteiger partial charge in [-0.05, 0) is 6.42 Å². The molecule has 1 saturated carbocycles. The van der Waals surface area contributed by atoms with Crippen molar-refractivity contribution in [1.29, 1.82) is 0 Å². The summed E-state index contributed by atoms with van der Waals surface area (Å²) in [5, 5.41) is 12.2. The molecule has 1 fully saturated rings. The van der Waals surface area contributed by atoms with E-state index in [0.29, 0.717) is 17.4 Å². The second kappa shape index (κ2) is 3.59. The van der Waals surface area contributed by atoms with E-state index >= 15 is 0 Å². The Morgan fingerprint density at radius 1 is 1.64 bits per heavy atom. The van der Waals surface area contributed by atoms with Gasteiger partial charge in [0.2, 0.25) is 0 Å². The number of hydrogen-bond acceptors (Lipinski definition) is 5. The number of aromatic nitrogens is 2. The van der Waals surface area contributed by atoms with Gasteiger partial charge in [0.15, 0.2) is 11.0 Å². The Hall–Kier alpha value is -1.07. The third kappa shape index (κ3) is 1.73. The Labute approximate surface area is 86.3 Å². The SMILES string of the molecule is Nc1c(Cl)ncnc1N[C@@H]1C[C@@H]1CO. The third-order valence-electron chi connectivity index (χ3n) is 2.31. The van der Waals surface area contributed by atoms with Crippen molar-refractivity contribution in [3.63, 3.8) is 0 Å². The molecule has 14 heavy (non-hydrogen) atoms. The van der Waals surface area contributed by atoms with E-state index in [9.17, 15) is 0 Å². The maximum Gasteiger partial charge on any atom is 0.157 e. The molecule has 0 bridgehead atoms. The van der Waals surface area contributed by atoms with Gasteiger partial charge in [-0.2, -0.15) is 0 Å². The number of halogens is 1. The maximum atomic E-state index is 8.85. The minimum atomic E-state index is 0.191. The number of anilines is 2. The fourth-order valence-electron chi connectivity index (χ4n) is 1.29. The largest absolute Gasteiger partial charge is 0.396 e. The first-order chi connectivity index (χ1) is 6.72. The molecule has 0 amide bonds. The number of aliphatic hydroxyl groups is 1. The molecule has 2 atom stereocenters. The second-order valence-electron chi connectivity index (χ2n) is 3.36. The van der Waals surface area contributed by atoms with Crippen molar-refractivity contribution in [1.82, 2.24) is 9.97 Å². The molecule has 1 aliphatic rings. The van der Waals surface area contributed by atoms with Crippen LogP contribution >= 0.6 is 11.6 Å². The van der Waals surface area contributed by atoms with Gasteiger partial charge in [-0.25, -0.2) is 9.97 Å². The normalized spacial score (nSPS) is 24.7. The molecule has 0 radical (unpaired) electrons. The highest BCUT2D eigenvalue weighted by molar-refractivity contribution is 6.32. The molecule has 4 N–H and O–H groups in total. The summed E-state index contributed by atoms with van der Waals surface area (Å²) in [6.45, 7) is 0.191. The zero-order chi connectivity index (χ0) is 10.1. The quantitative estimate of drug-likeness (QED) is 0.639. The van der Waals surface area contributed by atoms with Gasteiger partial charge in [-0.3, -0.25) is 0 Å². The molecule has 0 aromatic carbocycles. The molecule has 1 heterocycles. The van der Waals surface area contributed by atoms with E-state index in [4.69, 9.17) is 22.4 Å². The Bertz CT molecular complexity index is 346. The van der Waals surface area contributed by atoms with Crippen molar-refractivity contribution in [2.24, 2.45) is 5.92 Å². The van der Waals surface area contributed by atoms with Crippen molar-refractivity contribution in [2.75, 3.05) is 17.7 Å². The average Bonchev–Trinajstić information content (AvgIpc) is 2.92. The Morgan fingerprint density at radius 3 is 3.07 bits per heavy atom. The fraction of sp³-hybridized carbons (Fsp3) is 0.500. The molecule has 1 aromatic heterocycles. The number of nitrogens with two attached hydrogens (primary N) is 1. The van der Waals surface area contributed by atoms with Crippen LogP contribution < -0.4 is 11.1 Å². The summed E-state index contributed by atoms with van der Waals surface area (Å²) in [4.78, 5) is 7.72. The standard InChI is InChI=1S/C8H11ClN4O/c9-7-6(10)8(12-3-11-7)13-5-1-4(5)2-14/h3-5,14H,1-2,10H2,(H,11,12,13)/t4-,5-/m1/s1. The van der Waals surface area contributed by atoms with Gasteiger partial charge in [0.25, 0.3) is 0 Å². The van der Waals surface area contributed by atoms with Crippen molar-refractivity contribution in [3.05, 3.63) is 11.5 Å². The van der Waals surface area contributed by atoms with E-state index in [0.717, 1.165) is 6.42 Å². The minimum Gasteiger partial charge on any atom is -0.396 e. The van der Waals surface area contributed by atoms with Crippen LogP contribution in [0.3, 0.4) is 0 Å². The van der Waals surface area contributed by atoms with E-state index < -0.39 is 0 Å². The molecule has 1 aromatic rings. The summed E-state index contributed by atoms with van der Waals surface area (Å²) in [6.07, 6.45) is 2.30. The lowest BCUT2D eigenvalue weighted by atomic mass is 10.4. The third-order valence-corrected chi connectivity index (χ3v) is 2.62. The number of hydrogen-bond donors (Lipinski definition) is 3. The topological polar surface area (TPSA) is 84.1 Å². The van der Waals surface area contributed by atoms with Crippen LogP contribution in [0.2, 0.25) is 5.15 Å². The molecule has 0 saturated heterocycles. The number of rotatable bonds is 3. The van der Waals surface area contributed by atoms with Gasteiger partial charge in [0.1, 0.15) is 12.0 Å². The van der Waals surface area contributed by atoms with Gasteiger partial charge in [0.05, 0.1) is 0 Å². The number of aliphatic hydroxyl groups excluding tert-OH is 1. The molecule has 76 valence electrons. The Balaban J connectivity index is 2.07. The van der Waals surface area contributed by atoms with E-state index in [2.05, 4.69) is 15.3 Å². The van der Waals surface area contributed by atoms with E-state index in [-0.39, 0.29) is 17.8 Å². The fourth-order valence-corrected chi connectivity index (χ4v) is 1.42. The summed E-state index contributed by atoms with van der Waals surface area (Å²) >= 11 is 5.72. The summed E-state index contributed by atoms with van der Waals surface area (Å²) in [6, 6.07) is 0.258. The lowest BCUT2D eigenvalue weighted by molar-refractivity contribution is 0.275. The smallest absolute Gasteiger partial charge is 0.157 e. The molecular weight excluding hydrogens is 204 g/mol. The lowest BCUT2D eigenvalue weighted by Crippen LogP contribution is -2.10. The molecule has 5 nitrogen and oxygen atoms in total. The van der Waals surface area contributed by atoms with Gasteiger partial charge >= 0.3 is 0 Å². The summed E-state index contributed by atoms with van der Waals surface area (Å²) in [5.41, 5.74) is 6.02. The van der Waals surface area contributed by atoms with E-state index in [1.165, 1.54) is 6.33 Å². The first-order valence-electron chi connectivity index (χ1n) is 4.35. The highest BCUT2D eigenvalue weighted by Gasteiger charge is 2.36. The van der Waals surface area contributed by atoms with Crippen molar-refractivity contribution >= 4 is 23.1 Å².